The first-order valence-corrected chi connectivity index (χ1v) is 13.5. The summed E-state index contributed by atoms with van der Waals surface area (Å²) < 4.78 is 21.1. The van der Waals surface area contributed by atoms with Crippen molar-refractivity contribution < 1.29 is 28.5 Å². The fourth-order valence-corrected chi connectivity index (χ4v) is 4.13. The lowest BCUT2D eigenvalue weighted by Gasteiger charge is -2.27. The summed E-state index contributed by atoms with van der Waals surface area (Å²) in [5.74, 6) is 1.42. The first-order valence-electron chi connectivity index (χ1n) is 13.5. The van der Waals surface area contributed by atoms with Crippen molar-refractivity contribution in [1.29, 1.82) is 0 Å². The van der Waals surface area contributed by atoms with E-state index in [2.05, 4.69) is 27.7 Å². The van der Waals surface area contributed by atoms with Crippen molar-refractivity contribution in [3.63, 3.8) is 0 Å². The molecular formula is C27H50O6. The Hall–Kier alpha value is -1.46. The van der Waals surface area contributed by atoms with E-state index in [0.29, 0.717) is 44.8 Å². The second-order valence-electron chi connectivity index (χ2n) is 10.4. The summed E-state index contributed by atoms with van der Waals surface area (Å²) in [5.41, 5.74) is 0. The number of carbonyl (C=O) groups is 2. The van der Waals surface area contributed by atoms with E-state index in [-0.39, 0.29) is 12.2 Å². The largest absolute Gasteiger partial charge is 0.508 e. The molecule has 194 valence electrons. The quantitative estimate of drug-likeness (QED) is 0.157. The molecule has 0 aromatic heterocycles. The molecule has 0 aromatic rings. The summed E-state index contributed by atoms with van der Waals surface area (Å²) in [6.07, 6.45) is 14.3. The van der Waals surface area contributed by atoms with Gasteiger partial charge in [0.25, 0.3) is 0 Å². The van der Waals surface area contributed by atoms with Crippen LogP contribution >= 0.6 is 0 Å². The average molecular weight is 471 g/mol. The van der Waals surface area contributed by atoms with Crippen LogP contribution < -0.4 is 0 Å². The molecule has 33 heavy (non-hydrogen) atoms. The van der Waals surface area contributed by atoms with Gasteiger partial charge in [-0.15, -0.1) is 0 Å². The molecule has 0 aliphatic heterocycles. The third-order valence-corrected chi connectivity index (χ3v) is 6.19. The van der Waals surface area contributed by atoms with E-state index >= 15 is 0 Å². The second-order valence-corrected chi connectivity index (χ2v) is 10.4. The van der Waals surface area contributed by atoms with Gasteiger partial charge in [0.15, 0.2) is 0 Å². The van der Waals surface area contributed by atoms with Crippen molar-refractivity contribution >= 4 is 12.3 Å². The standard InChI is InChI=1S/C27H50O6/c1-22(2)14-11-9-7-5-6-8-10-12-20-30-26(28)32-24-16-18-25(19-17-24)33-27(29)31-21-13-15-23(3)4/h22-25H,5-21H2,1-4H3. The van der Waals surface area contributed by atoms with Crippen LogP contribution in [-0.2, 0) is 18.9 Å². The molecule has 0 bridgehead atoms. The van der Waals surface area contributed by atoms with E-state index in [1.54, 1.807) is 0 Å². The van der Waals surface area contributed by atoms with Crippen molar-refractivity contribution in [1.82, 2.24) is 0 Å². The maximum atomic E-state index is 11.9. The maximum absolute atomic E-state index is 11.9. The molecule has 1 aliphatic carbocycles. The molecule has 1 rings (SSSR count). The number of hydrogen-bond acceptors (Lipinski definition) is 6. The van der Waals surface area contributed by atoms with E-state index in [4.69, 9.17) is 18.9 Å². The molecule has 0 unspecified atom stereocenters. The average Bonchev–Trinajstić information content (AvgIpc) is 2.76. The van der Waals surface area contributed by atoms with E-state index in [1.165, 1.54) is 44.9 Å². The van der Waals surface area contributed by atoms with Crippen LogP contribution in [0.2, 0.25) is 0 Å². The first-order chi connectivity index (χ1) is 15.9. The Morgan fingerprint density at radius 3 is 1.39 bits per heavy atom. The zero-order valence-electron chi connectivity index (χ0n) is 21.8. The minimum atomic E-state index is -0.589. The van der Waals surface area contributed by atoms with Crippen LogP contribution in [0.15, 0.2) is 0 Å². The highest BCUT2D eigenvalue weighted by Crippen LogP contribution is 2.24. The van der Waals surface area contributed by atoms with Crippen molar-refractivity contribution in [2.75, 3.05) is 13.2 Å². The number of ether oxygens (including phenoxy) is 4. The number of unbranched alkanes of at least 4 members (excludes halogenated alkanes) is 7. The highest BCUT2D eigenvalue weighted by molar-refractivity contribution is 5.60. The molecule has 0 saturated heterocycles. The first kappa shape index (κ1) is 29.6. The highest BCUT2D eigenvalue weighted by atomic mass is 16.7. The lowest BCUT2D eigenvalue weighted by Crippen LogP contribution is -2.30. The number of carbonyl (C=O) groups excluding carboxylic acids is 2. The molecular weight excluding hydrogens is 420 g/mol. The van der Waals surface area contributed by atoms with Crippen LogP contribution in [0.5, 0.6) is 0 Å². The van der Waals surface area contributed by atoms with Crippen molar-refractivity contribution in [3.05, 3.63) is 0 Å². The van der Waals surface area contributed by atoms with E-state index in [9.17, 15) is 9.59 Å². The Labute approximate surface area is 202 Å². The summed E-state index contributed by atoms with van der Waals surface area (Å²) in [5, 5.41) is 0. The van der Waals surface area contributed by atoms with Crippen LogP contribution in [0.25, 0.3) is 0 Å². The van der Waals surface area contributed by atoms with Crippen molar-refractivity contribution in [2.45, 2.75) is 136 Å². The van der Waals surface area contributed by atoms with E-state index in [1.807, 2.05) is 0 Å². The van der Waals surface area contributed by atoms with Gasteiger partial charge in [0.1, 0.15) is 12.2 Å². The van der Waals surface area contributed by atoms with Crippen molar-refractivity contribution in [3.8, 4) is 0 Å². The minimum absolute atomic E-state index is 0.157. The summed E-state index contributed by atoms with van der Waals surface area (Å²) in [6.45, 7) is 9.69. The van der Waals surface area contributed by atoms with Gasteiger partial charge in [-0.05, 0) is 56.8 Å². The molecule has 6 heteroatoms. The second kappa shape index (κ2) is 18.9. The fraction of sp³-hybridized carbons (Fsp3) is 0.926. The predicted molar refractivity (Wildman–Crippen MR) is 131 cm³/mol. The summed E-state index contributed by atoms with van der Waals surface area (Å²) in [4.78, 5) is 23.7. The Morgan fingerprint density at radius 1 is 0.576 bits per heavy atom. The lowest BCUT2D eigenvalue weighted by atomic mass is 9.95. The Balaban J connectivity index is 1.94. The molecule has 1 saturated carbocycles. The van der Waals surface area contributed by atoms with Gasteiger partial charge in [-0.25, -0.2) is 9.59 Å². The normalized spacial score (nSPS) is 18.4. The van der Waals surface area contributed by atoms with Crippen molar-refractivity contribution in [2.24, 2.45) is 11.8 Å². The Bertz CT molecular complexity index is 497. The Kier molecular flexibility index (Phi) is 16.9. The molecule has 0 aromatic carbocycles. The molecule has 0 N–H and O–H groups in total. The lowest BCUT2D eigenvalue weighted by molar-refractivity contribution is -0.0271. The summed E-state index contributed by atoms with van der Waals surface area (Å²) >= 11 is 0. The van der Waals surface area contributed by atoms with Crippen LogP contribution in [0.1, 0.15) is 124 Å². The maximum Gasteiger partial charge on any atom is 0.508 e. The highest BCUT2D eigenvalue weighted by Gasteiger charge is 2.27. The smallest absolute Gasteiger partial charge is 0.434 e. The molecule has 1 aliphatic rings. The van der Waals surface area contributed by atoms with Gasteiger partial charge >= 0.3 is 12.3 Å². The minimum Gasteiger partial charge on any atom is -0.434 e. The molecule has 0 spiro atoms. The molecule has 0 amide bonds. The summed E-state index contributed by atoms with van der Waals surface area (Å²) in [6, 6.07) is 0. The number of hydrogen-bond donors (Lipinski definition) is 0. The van der Waals surface area contributed by atoms with Gasteiger partial charge in [-0.2, -0.15) is 0 Å². The monoisotopic (exact) mass is 470 g/mol. The topological polar surface area (TPSA) is 71.1 Å². The third-order valence-electron chi connectivity index (χ3n) is 6.19. The summed E-state index contributed by atoms with van der Waals surface area (Å²) in [7, 11) is 0. The van der Waals surface area contributed by atoms with Gasteiger partial charge in [0.05, 0.1) is 13.2 Å². The van der Waals surface area contributed by atoms with E-state index in [0.717, 1.165) is 31.6 Å². The molecule has 0 atom stereocenters. The Morgan fingerprint density at radius 2 is 0.939 bits per heavy atom. The third kappa shape index (κ3) is 17.7. The van der Waals surface area contributed by atoms with Gasteiger partial charge in [0, 0.05) is 0 Å². The van der Waals surface area contributed by atoms with Gasteiger partial charge in [-0.1, -0.05) is 79.1 Å². The van der Waals surface area contributed by atoms with Crippen LogP contribution in [0, 0.1) is 11.8 Å². The SMILES string of the molecule is CC(C)CCCCCCCCCCOC(=O)OC1CCC(OC(=O)OCCCC(C)C)CC1. The molecule has 0 radical (unpaired) electrons. The molecule has 6 nitrogen and oxygen atoms in total. The van der Waals surface area contributed by atoms with E-state index < -0.39 is 12.3 Å². The van der Waals surface area contributed by atoms with Crippen LogP contribution in [0.3, 0.4) is 0 Å². The van der Waals surface area contributed by atoms with Gasteiger partial charge < -0.3 is 18.9 Å². The zero-order valence-corrected chi connectivity index (χ0v) is 21.8. The van der Waals surface area contributed by atoms with Gasteiger partial charge in [0.2, 0.25) is 0 Å². The van der Waals surface area contributed by atoms with Gasteiger partial charge in [-0.3, -0.25) is 0 Å². The van der Waals surface area contributed by atoms with Crippen LogP contribution in [-0.4, -0.2) is 37.7 Å². The molecule has 1 fully saturated rings. The number of rotatable bonds is 17. The molecule has 0 heterocycles. The predicted octanol–water partition coefficient (Wildman–Crippen LogP) is 8.21. The van der Waals surface area contributed by atoms with Crippen LogP contribution in [0.4, 0.5) is 9.59 Å². The fourth-order valence-electron chi connectivity index (χ4n) is 4.13. The zero-order chi connectivity index (χ0) is 24.3.